The second-order valence-corrected chi connectivity index (χ2v) is 9.91. The maximum atomic E-state index is 13.6. The molecule has 3 rings (SSSR count). The molecular formula is C27H32N2O3S. The van der Waals surface area contributed by atoms with Gasteiger partial charge in [-0.15, -0.1) is 0 Å². The predicted octanol–water partition coefficient (Wildman–Crippen LogP) is 5.52. The van der Waals surface area contributed by atoms with E-state index in [9.17, 15) is 13.2 Å². The van der Waals surface area contributed by atoms with Crippen LogP contribution in [-0.2, 0) is 34.1 Å². The van der Waals surface area contributed by atoms with Gasteiger partial charge in [0.2, 0.25) is 5.91 Å². The van der Waals surface area contributed by atoms with Crippen molar-refractivity contribution in [3.8, 4) is 0 Å². The van der Waals surface area contributed by atoms with Gasteiger partial charge < -0.3 is 5.32 Å². The Morgan fingerprint density at radius 2 is 1.39 bits per heavy atom. The van der Waals surface area contributed by atoms with Gasteiger partial charge in [-0.05, 0) is 67.1 Å². The Morgan fingerprint density at radius 1 is 0.818 bits per heavy atom. The molecule has 0 saturated carbocycles. The Labute approximate surface area is 197 Å². The third-order valence-corrected chi connectivity index (χ3v) is 7.58. The molecule has 5 nitrogen and oxygen atoms in total. The maximum absolute atomic E-state index is 13.6. The normalized spacial score (nSPS) is 11.3. The number of para-hydroxylation sites is 1. The molecule has 6 heteroatoms. The fourth-order valence-corrected chi connectivity index (χ4v) is 5.18. The molecule has 0 fully saturated rings. The minimum atomic E-state index is -3.94. The van der Waals surface area contributed by atoms with Gasteiger partial charge in [0, 0.05) is 5.69 Å². The van der Waals surface area contributed by atoms with Gasteiger partial charge in [0.15, 0.2) is 0 Å². The minimum absolute atomic E-state index is 0.156. The summed E-state index contributed by atoms with van der Waals surface area (Å²) >= 11 is 0. The third-order valence-electron chi connectivity index (χ3n) is 5.79. The van der Waals surface area contributed by atoms with E-state index < -0.39 is 10.0 Å². The SMILES string of the molecule is CCc1ccc(N(CC(=O)Nc2c(CC)cccc2CC)S(=O)(=O)c2ccc(C)cc2)cc1. The molecule has 0 heterocycles. The molecule has 33 heavy (non-hydrogen) atoms. The number of carbonyl (C=O) groups is 1. The van der Waals surface area contributed by atoms with Crippen LogP contribution in [-0.4, -0.2) is 20.9 Å². The topological polar surface area (TPSA) is 66.5 Å². The molecule has 0 aliphatic heterocycles. The van der Waals surface area contributed by atoms with Crippen LogP contribution in [0.2, 0.25) is 0 Å². The van der Waals surface area contributed by atoms with Crippen molar-refractivity contribution in [2.24, 2.45) is 0 Å². The van der Waals surface area contributed by atoms with Crippen molar-refractivity contribution in [3.05, 3.63) is 89.0 Å². The number of nitrogens with one attached hydrogen (secondary N) is 1. The van der Waals surface area contributed by atoms with Gasteiger partial charge in [0.05, 0.1) is 10.6 Å². The van der Waals surface area contributed by atoms with Crippen LogP contribution >= 0.6 is 0 Å². The number of aryl methyl sites for hydroxylation is 4. The van der Waals surface area contributed by atoms with Gasteiger partial charge in [-0.25, -0.2) is 8.42 Å². The lowest BCUT2D eigenvalue weighted by Crippen LogP contribution is -2.38. The first-order valence-corrected chi connectivity index (χ1v) is 12.8. The Kier molecular flexibility index (Phi) is 7.92. The number of hydrogen-bond donors (Lipinski definition) is 1. The lowest BCUT2D eigenvalue weighted by Gasteiger charge is -2.25. The van der Waals surface area contributed by atoms with E-state index in [4.69, 9.17) is 0 Å². The van der Waals surface area contributed by atoms with Gasteiger partial charge in [-0.3, -0.25) is 9.10 Å². The van der Waals surface area contributed by atoms with Gasteiger partial charge in [0.1, 0.15) is 6.54 Å². The molecule has 1 amide bonds. The minimum Gasteiger partial charge on any atom is -0.324 e. The first-order chi connectivity index (χ1) is 15.8. The average Bonchev–Trinajstić information content (AvgIpc) is 2.83. The number of hydrogen-bond acceptors (Lipinski definition) is 3. The molecule has 0 unspecified atom stereocenters. The molecule has 0 aromatic heterocycles. The van der Waals surface area contributed by atoms with Crippen molar-refractivity contribution in [3.63, 3.8) is 0 Å². The van der Waals surface area contributed by atoms with Crippen molar-refractivity contribution in [2.75, 3.05) is 16.2 Å². The van der Waals surface area contributed by atoms with E-state index in [1.165, 1.54) is 4.31 Å². The highest BCUT2D eigenvalue weighted by Gasteiger charge is 2.27. The van der Waals surface area contributed by atoms with Gasteiger partial charge >= 0.3 is 0 Å². The maximum Gasteiger partial charge on any atom is 0.264 e. The highest BCUT2D eigenvalue weighted by Crippen LogP contribution is 2.26. The van der Waals surface area contributed by atoms with E-state index in [1.807, 2.05) is 58.0 Å². The lowest BCUT2D eigenvalue weighted by molar-refractivity contribution is -0.114. The molecule has 0 atom stereocenters. The Hall–Kier alpha value is -3.12. The van der Waals surface area contributed by atoms with Crippen molar-refractivity contribution in [2.45, 2.75) is 51.9 Å². The zero-order valence-corrected chi connectivity index (χ0v) is 20.6. The van der Waals surface area contributed by atoms with E-state index in [-0.39, 0.29) is 17.3 Å². The van der Waals surface area contributed by atoms with Crippen LogP contribution in [0.3, 0.4) is 0 Å². The van der Waals surface area contributed by atoms with Crippen molar-refractivity contribution >= 4 is 27.3 Å². The van der Waals surface area contributed by atoms with E-state index in [1.54, 1.807) is 36.4 Å². The standard InChI is InChI=1S/C27H32N2O3S/c1-5-21-13-15-24(16-14-21)29(33(31,32)25-17-11-20(4)12-18-25)19-26(30)28-27-22(6-2)9-8-10-23(27)7-3/h8-18H,5-7,19H2,1-4H3,(H,28,30). The summed E-state index contributed by atoms with van der Waals surface area (Å²) in [4.78, 5) is 13.3. The number of sulfonamides is 1. The highest BCUT2D eigenvalue weighted by molar-refractivity contribution is 7.92. The Morgan fingerprint density at radius 3 is 1.91 bits per heavy atom. The van der Waals surface area contributed by atoms with Gasteiger partial charge in [0.25, 0.3) is 10.0 Å². The van der Waals surface area contributed by atoms with E-state index >= 15 is 0 Å². The van der Waals surface area contributed by atoms with Crippen LogP contribution in [0, 0.1) is 6.92 Å². The van der Waals surface area contributed by atoms with Gasteiger partial charge in [-0.1, -0.05) is 68.8 Å². The van der Waals surface area contributed by atoms with Gasteiger partial charge in [-0.2, -0.15) is 0 Å². The van der Waals surface area contributed by atoms with Crippen molar-refractivity contribution in [1.82, 2.24) is 0 Å². The zero-order chi connectivity index (χ0) is 24.0. The summed E-state index contributed by atoms with van der Waals surface area (Å²) in [6.45, 7) is 7.70. The van der Waals surface area contributed by atoms with Crippen LogP contribution in [0.15, 0.2) is 71.6 Å². The molecular weight excluding hydrogens is 432 g/mol. The summed E-state index contributed by atoms with van der Waals surface area (Å²) in [7, 11) is -3.94. The summed E-state index contributed by atoms with van der Waals surface area (Å²) in [5.41, 5.74) is 5.36. The van der Waals surface area contributed by atoms with Crippen LogP contribution in [0.25, 0.3) is 0 Å². The molecule has 3 aromatic rings. The quantitative estimate of drug-likeness (QED) is 0.454. The smallest absolute Gasteiger partial charge is 0.264 e. The number of nitrogens with zero attached hydrogens (tertiary/aromatic N) is 1. The summed E-state index contributed by atoms with van der Waals surface area (Å²) in [5.74, 6) is -0.374. The van der Waals surface area contributed by atoms with Crippen molar-refractivity contribution in [1.29, 1.82) is 0 Å². The third kappa shape index (κ3) is 5.63. The first kappa shape index (κ1) is 24.5. The largest absolute Gasteiger partial charge is 0.324 e. The van der Waals surface area contributed by atoms with Crippen LogP contribution < -0.4 is 9.62 Å². The van der Waals surface area contributed by atoms with Crippen LogP contribution in [0.4, 0.5) is 11.4 Å². The Bertz CT molecular complexity index is 1180. The number of carbonyl (C=O) groups excluding carboxylic acids is 1. The number of amides is 1. The van der Waals surface area contributed by atoms with E-state index in [2.05, 4.69) is 5.32 Å². The summed E-state index contributed by atoms with van der Waals surface area (Å²) in [6.07, 6.45) is 2.39. The molecule has 0 bridgehead atoms. The van der Waals surface area contributed by atoms with Crippen LogP contribution in [0.5, 0.6) is 0 Å². The Balaban J connectivity index is 1.98. The summed E-state index contributed by atoms with van der Waals surface area (Å²) in [5, 5.41) is 2.99. The molecule has 0 saturated heterocycles. The lowest BCUT2D eigenvalue weighted by atomic mass is 10.0. The first-order valence-electron chi connectivity index (χ1n) is 11.4. The zero-order valence-electron chi connectivity index (χ0n) is 19.8. The van der Waals surface area contributed by atoms with Crippen molar-refractivity contribution < 1.29 is 13.2 Å². The number of benzene rings is 3. The fourth-order valence-electron chi connectivity index (χ4n) is 3.76. The number of rotatable bonds is 9. The van der Waals surface area contributed by atoms with E-state index in [0.29, 0.717) is 5.69 Å². The molecule has 174 valence electrons. The fraction of sp³-hybridized carbons (Fsp3) is 0.296. The highest BCUT2D eigenvalue weighted by atomic mass is 32.2. The summed E-state index contributed by atoms with van der Waals surface area (Å²) < 4.78 is 28.3. The molecule has 0 radical (unpaired) electrons. The molecule has 1 N–H and O–H groups in total. The molecule has 3 aromatic carbocycles. The molecule has 0 aliphatic rings. The molecule has 0 aliphatic carbocycles. The number of anilines is 2. The van der Waals surface area contributed by atoms with Crippen LogP contribution in [0.1, 0.15) is 43.0 Å². The predicted molar refractivity (Wildman–Crippen MR) is 135 cm³/mol. The summed E-state index contributed by atoms with van der Waals surface area (Å²) in [6, 6.07) is 19.9. The van der Waals surface area contributed by atoms with E-state index in [0.717, 1.165) is 47.2 Å². The second kappa shape index (κ2) is 10.7. The average molecular weight is 465 g/mol. The molecule has 0 spiro atoms. The monoisotopic (exact) mass is 464 g/mol. The second-order valence-electron chi connectivity index (χ2n) is 8.05.